The Morgan fingerprint density at radius 3 is 2.75 bits per heavy atom. The second-order valence-electron chi connectivity index (χ2n) is 6.11. The lowest BCUT2D eigenvalue weighted by Crippen LogP contribution is -2.29. The summed E-state index contributed by atoms with van der Waals surface area (Å²) >= 11 is 6.59. The molecular formula is C19H18N4O3S2. The van der Waals surface area contributed by atoms with E-state index in [0.717, 1.165) is 24.1 Å². The maximum absolute atomic E-state index is 12.7. The van der Waals surface area contributed by atoms with Crippen LogP contribution in [-0.4, -0.2) is 47.7 Å². The maximum Gasteiger partial charge on any atom is 0.303 e. The van der Waals surface area contributed by atoms with Crippen LogP contribution in [0.4, 0.5) is 0 Å². The SMILES string of the molecule is O=C(O)CCCCCN1C(=O)/C(=C/c2cccc(-c3cncnc3)n2)SC1=S. The number of thiocarbonyl (C=S) groups is 1. The van der Waals surface area contributed by atoms with Gasteiger partial charge in [0.2, 0.25) is 0 Å². The first kappa shape index (κ1) is 20.1. The quantitative estimate of drug-likeness (QED) is 0.399. The maximum atomic E-state index is 12.7. The van der Waals surface area contributed by atoms with Crippen molar-refractivity contribution in [2.45, 2.75) is 25.7 Å². The number of aliphatic carboxylic acids is 1. The Hall–Kier alpha value is -2.65. The standard InChI is InChI=1S/C19H18N4O3S2/c24-17(25)7-2-1-3-8-23-18(26)16(28-19(23)27)9-14-5-4-6-15(22-14)13-10-20-12-21-11-13/h4-6,9-12H,1-3,7-8H2,(H,24,25)/b16-9-. The number of thioether (sulfide) groups is 1. The lowest BCUT2D eigenvalue weighted by molar-refractivity contribution is -0.137. The van der Waals surface area contributed by atoms with Crippen LogP contribution in [0.15, 0.2) is 41.8 Å². The van der Waals surface area contributed by atoms with Gasteiger partial charge in [-0.25, -0.2) is 15.0 Å². The van der Waals surface area contributed by atoms with Crippen LogP contribution in [0.1, 0.15) is 31.4 Å². The minimum atomic E-state index is -0.801. The predicted octanol–water partition coefficient (Wildman–Crippen LogP) is 3.38. The molecule has 144 valence electrons. The van der Waals surface area contributed by atoms with Crippen molar-refractivity contribution in [2.75, 3.05) is 6.54 Å². The van der Waals surface area contributed by atoms with Crippen molar-refractivity contribution in [2.24, 2.45) is 0 Å². The molecule has 0 saturated carbocycles. The second kappa shape index (κ2) is 9.52. The summed E-state index contributed by atoms with van der Waals surface area (Å²) in [6, 6.07) is 5.55. The van der Waals surface area contributed by atoms with E-state index in [2.05, 4.69) is 15.0 Å². The summed E-state index contributed by atoms with van der Waals surface area (Å²) in [5, 5.41) is 8.67. The predicted molar refractivity (Wildman–Crippen MR) is 111 cm³/mol. The highest BCUT2D eigenvalue weighted by molar-refractivity contribution is 8.26. The summed E-state index contributed by atoms with van der Waals surface area (Å²) in [4.78, 5) is 37.8. The van der Waals surface area contributed by atoms with E-state index in [-0.39, 0.29) is 12.3 Å². The van der Waals surface area contributed by atoms with Gasteiger partial charge in [-0.15, -0.1) is 0 Å². The summed E-state index contributed by atoms with van der Waals surface area (Å²) in [6.45, 7) is 0.496. The zero-order valence-electron chi connectivity index (χ0n) is 14.9. The molecule has 3 heterocycles. The lowest BCUT2D eigenvalue weighted by atomic mass is 10.2. The number of carbonyl (C=O) groups excluding carboxylic acids is 1. The van der Waals surface area contributed by atoms with Gasteiger partial charge >= 0.3 is 5.97 Å². The van der Waals surface area contributed by atoms with Gasteiger partial charge in [-0.2, -0.15) is 0 Å². The number of unbranched alkanes of at least 4 members (excludes halogenated alkanes) is 2. The molecule has 0 atom stereocenters. The minimum absolute atomic E-state index is 0.136. The van der Waals surface area contributed by atoms with Crippen LogP contribution in [0.2, 0.25) is 0 Å². The Bertz CT molecular complexity index is 918. The minimum Gasteiger partial charge on any atom is -0.481 e. The Labute approximate surface area is 171 Å². The van der Waals surface area contributed by atoms with Gasteiger partial charge in [-0.05, 0) is 31.1 Å². The summed E-state index contributed by atoms with van der Waals surface area (Å²) < 4.78 is 0.516. The molecule has 0 bridgehead atoms. The first-order valence-corrected chi connectivity index (χ1v) is 9.96. The van der Waals surface area contributed by atoms with E-state index in [1.165, 1.54) is 18.1 Å². The Morgan fingerprint density at radius 2 is 2.00 bits per heavy atom. The normalized spacial score (nSPS) is 15.4. The molecule has 2 aromatic rings. The summed E-state index contributed by atoms with van der Waals surface area (Å²) in [5.41, 5.74) is 2.18. The molecule has 1 N–H and O–H groups in total. The molecule has 1 amide bonds. The molecule has 0 spiro atoms. The lowest BCUT2D eigenvalue weighted by Gasteiger charge is -2.13. The van der Waals surface area contributed by atoms with Crippen molar-refractivity contribution in [1.82, 2.24) is 19.9 Å². The number of hydrogen-bond donors (Lipinski definition) is 1. The molecule has 0 aliphatic carbocycles. The molecule has 28 heavy (non-hydrogen) atoms. The number of carbonyl (C=O) groups is 2. The molecule has 7 nitrogen and oxygen atoms in total. The van der Waals surface area contributed by atoms with Gasteiger partial charge < -0.3 is 5.11 Å². The fourth-order valence-electron chi connectivity index (χ4n) is 2.67. The summed E-state index contributed by atoms with van der Waals surface area (Å²) in [6.07, 6.45) is 8.76. The number of pyridine rings is 1. The monoisotopic (exact) mass is 414 g/mol. The third kappa shape index (κ3) is 5.20. The van der Waals surface area contributed by atoms with E-state index in [1.807, 2.05) is 18.2 Å². The highest BCUT2D eigenvalue weighted by atomic mass is 32.2. The fourth-order valence-corrected chi connectivity index (χ4v) is 3.97. The number of aromatic nitrogens is 3. The fraction of sp³-hybridized carbons (Fsp3) is 0.263. The smallest absolute Gasteiger partial charge is 0.303 e. The molecule has 0 aromatic carbocycles. The van der Waals surface area contributed by atoms with Gasteiger partial charge in [0.1, 0.15) is 10.6 Å². The summed E-state index contributed by atoms with van der Waals surface area (Å²) in [7, 11) is 0. The van der Waals surface area contributed by atoms with Gasteiger partial charge in [0.25, 0.3) is 5.91 Å². The number of nitrogens with zero attached hydrogens (tertiary/aromatic N) is 4. The highest BCUT2D eigenvalue weighted by Crippen LogP contribution is 2.32. The van der Waals surface area contributed by atoms with E-state index in [0.29, 0.717) is 27.9 Å². The first-order chi connectivity index (χ1) is 13.5. The first-order valence-electron chi connectivity index (χ1n) is 8.74. The van der Waals surface area contributed by atoms with Gasteiger partial charge in [-0.1, -0.05) is 36.5 Å². The zero-order valence-corrected chi connectivity index (χ0v) is 16.6. The third-order valence-electron chi connectivity index (χ3n) is 4.05. The molecule has 1 fully saturated rings. The Kier molecular flexibility index (Phi) is 6.83. The van der Waals surface area contributed by atoms with Crippen LogP contribution >= 0.6 is 24.0 Å². The third-order valence-corrected chi connectivity index (χ3v) is 5.43. The average Bonchev–Trinajstić information content (AvgIpc) is 2.95. The van der Waals surface area contributed by atoms with Crippen LogP contribution in [0, 0.1) is 0 Å². The van der Waals surface area contributed by atoms with Crippen molar-refractivity contribution >= 4 is 46.3 Å². The van der Waals surface area contributed by atoms with Crippen molar-refractivity contribution in [3.05, 3.63) is 47.5 Å². The van der Waals surface area contributed by atoms with Crippen molar-refractivity contribution in [3.63, 3.8) is 0 Å². The molecule has 3 rings (SSSR count). The van der Waals surface area contributed by atoms with Gasteiger partial charge in [0, 0.05) is 30.9 Å². The molecule has 0 unspecified atom stereocenters. The average molecular weight is 415 g/mol. The molecule has 1 saturated heterocycles. The number of carboxylic acid groups (broad SMARTS) is 1. The number of rotatable bonds is 8. The van der Waals surface area contributed by atoms with Crippen LogP contribution in [-0.2, 0) is 9.59 Å². The van der Waals surface area contributed by atoms with Crippen molar-refractivity contribution < 1.29 is 14.7 Å². The van der Waals surface area contributed by atoms with Crippen LogP contribution in [0.3, 0.4) is 0 Å². The van der Waals surface area contributed by atoms with Gasteiger partial charge in [-0.3, -0.25) is 14.5 Å². The highest BCUT2D eigenvalue weighted by Gasteiger charge is 2.31. The van der Waals surface area contributed by atoms with E-state index >= 15 is 0 Å². The van der Waals surface area contributed by atoms with E-state index < -0.39 is 5.97 Å². The van der Waals surface area contributed by atoms with E-state index in [9.17, 15) is 9.59 Å². The topological polar surface area (TPSA) is 96.3 Å². The van der Waals surface area contributed by atoms with E-state index in [4.69, 9.17) is 17.3 Å². The van der Waals surface area contributed by atoms with Crippen LogP contribution in [0.5, 0.6) is 0 Å². The number of carboxylic acids is 1. The summed E-state index contributed by atoms with van der Waals surface area (Å²) in [5.74, 6) is -0.936. The van der Waals surface area contributed by atoms with Crippen molar-refractivity contribution in [3.8, 4) is 11.3 Å². The molecule has 9 heteroatoms. The Balaban J connectivity index is 1.66. The molecule has 0 radical (unpaired) electrons. The second-order valence-corrected chi connectivity index (χ2v) is 7.79. The van der Waals surface area contributed by atoms with Gasteiger partial charge in [0.15, 0.2) is 0 Å². The van der Waals surface area contributed by atoms with Crippen LogP contribution < -0.4 is 0 Å². The molecule has 2 aromatic heterocycles. The Morgan fingerprint density at radius 1 is 1.21 bits per heavy atom. The molecule has 1 aliphatic rings. The van der Waals surface area contributed by atoms with Crippen molar-refractivity contribution in [1.29, 1.82) is 0 Å². The largest absolute Gasteiger partial charge is 0.481 e. The zero-order chi connectivity index (χ0) is 19.9. The molecular weight excluding hydrogens is 396 g/mol. The van der Waals surface area contributed by atoms with Crippen LogP contribution in [0.25, 0.3) is 17.3 Å². The van der Waals surface area contributed by atoms with Gasteiger partial charge in [0.05, 0.1) is 16.3 Å². The number of amides is 1. The number of hydrogen-bond acceptors (Lipinski definition) is 7. The molecule has 1 aliphatic heterocycles. The van der Waals surface area contributed by atoms with E-state index in [1.54, 1.807) is 23.4 Å².